The van der Waals surface area contributed by atoms with E-state index in [4.69, 9.17) is 4.74 Å². The summed E-state index contributed by atoms with van der Waals surface area (Å²) in [6.07, 6.45) is 1.57. The minimum Gasteiger partial charge on any atom is -0.492 e. The van der Waals surface area contributed by atoms with Gasteiger partial charge in [0.1, 0.15) is 12.4 Å². The van der Waals surface area contributed by atoms with Gasteiger partial charge in [0.25, 0.3) is 0 Å². The Morgan fingerprint density at radius 2 is 2.17 bits per heavy atom. The van der Waals surface area contributed by atoms with E-state index in [1.54, 1.807) is 0 Å². The lowest BCUT2D eigenvalue weighted by Crippen LogP contribution is -2.39. The third kappa shape index (κ3) is 3.23. The fourth-order valence-electron chi connectivity index (χ4n) is 3.13. The lowest BCUT2D eigenvalue weighted by molar-refractivity contribution is -0.135. The molecule has 122 valence electrons. The Kier molecular flexibility index (Phi) is 4.37. The van der Waals surface area contributed by atoms with Gasteiger partial charge in [0, 0.05) is 19.3 Å². The van der Waals surface area contributed by atoms with E-state index in [9.17, 15) is 4.79 Å². The molecule has 3 rings (SSSR count). The maximum Gasteiger partial charge on any atom is 0.229 e. The van der Waals surface area contributed by atoms with Crippen LogP contribution in [0, 0.1) is 19.8 Å². The highest BCUT2D eigenvalue weighted by molar-refractivity contribution is 5.79. The number of amides is 1. The number of aryl methyl sites for hydroxylation is 2. The number of likely N-dealkylation sites (N-methyl/N-ethyl adjacent to an activating group) is 1. The van der Waals surface area contributed by atoms with Gasteiger partial charge in [-0.2, -0.15) is 5.10 Å². The number of hydrogen-bond donors (Lipinski definition) is 1. The Bertz CT molecular complexity index is 689. The van der Waals surface area contributed by atoms with Crippen molar-refractivity contribution in [2.75, 3.05) is 20.2 Å². The standard InChI is InChI=1S/C18H23N3O2/c1-12-16(13(2)20-19-12)8-9-21(3)18(22)15-10-14-6-4-5-7-17(14)23-11-15/h4-7,15H,8-11H2,1-3H3,(H,19,20)/t15-/m1/s1. The number of ether oxygens (including phenoxy) is 1. The van der Waals surface area contributed by atoms with E-state index < -0.39 is 0 Å². The monoisotopic (exact) mass is 313 g/mol. The molecule has 0 spiro atoms. The maximum absolute atomic E-state index is 12.7. The fraction of sp³-hybridized carbons (Fsp3) is 0.444. The largest absolute Gasteiger partial charge is 0.492 e. The molecule has 0 saturated carbocycles. The fourth-order valence-corrected chi connectivity index (χ4v) is 3.13. The van der Waals surface area contributed by atoms with Gasteiger partial charge in [0.05, 0.1) is 11.6 Å². The van der Waals surface area contributed by atoms with Gasteiger partial charge in [-0.15, -0.1) is 0 Å². The van der Waals surface area contributed by atoms with Crippen molar-refractivity contribution in [3.05, 3.63) is 46.8 Å². The predicted octanol–water partition coefficient (Wildman–Crippen LogP) is 2.28. The summed E-state index contributed by atoms with van der Waals surface area (Å²) in [6.45, 7) is 5.16. The first-order valence-corrected chi connectivity index (χ1v) is 8.02. The highest BCUT2D eigenvalue weighted by Gasteiger charge is 2.28. The summed E-state index contributed by atoms with van der Waals surface area (Å²) >= 11 is 0. The molecule has 5 heteroatoms. The van der Waals surface area contributed by atoms with E-state index in [0.717, 1.165) is 35.5 Å². The van der Waals surface area contributed by atoms with Gasteiger partial charge < -0.3 is 9.64 Å². The van der Waals surface area contributed by atoms with Crippen LogP contribution in [0.15, 0.2) is 24.3 Å². The number of benzene rings is 1. The van der Waals surface area contributed by atoms with Crippen molar-refractivity contribution in [1.29, 1.82) is 0 Å². The van der Waals surface area contributed by atoms with Gasteiger partial charge >= 0.3 is 0 Å². The summed E-state index contributed by atoms with van der Waals surface area (Å²) in [5.41, 5.74) is 4.42. The molecular formula is C18H23N3O2. The van der Waals surface area contributed by atoms with Crippen molar-refractivity contribution in [3.8, 4) is 5.75 Å². The van der Waals surface area contributed by atoms with Crippen LogP contribution in [0.25, 0.3) is 0 Å². The van der Waals surface area contributed by atoms with Gasteiger partial charge in [-0.1, -0.05) is 18.2 Å². The molecule has 2 aromatic rings. The number of H-pyrrole nitrogens is 1. The van der Waals surface area contributed by atoms with Crippen molar-refractivity contribution in [2.24, 2.45) is 5.92 Å². The van der Waals surface area contributed by atoms with Crippen LogP contribution in [-0.4, -0.2) is 41.2 Å². The van der Waals surface area contributed by atoms with Crippen LogP contribution in [0.4, 0.5) is 0 Å². The van der Waals surface area contributed by atoms with Gasteiger partial charge in [0.15, 0.2) is 0 Å². The Morgan fingerprint density at radius 1 is 1.39 bits per heavy atom. The van der Waals surface area contributed by atoms with Crippen LogP contribution in [-0.2, 0) is 17.6 Å². The van der Waals surface area contributed by atoms with E-state index in [1.807, 2.05) is 50.1 Å². The number of fused-ring (bicyclic) bond motifs is 1. The number of nitrogens with zero attached hydrogens (tertiary/aromatic N) is 2. The zero-order chi connectivity index (χ0) is 16.4. The van der Waals surface area contributed by atoms with Crippen molar-refractivity contribution in [2.45, 2.75) is 26.7 Å². The maximum atomic E-state index is 12.7. The van der Waals surface area contributed by atoms with Gasteiger partial charge in [-0.05, 0) is 43.9 Å². The second-order valence-corrected chi connectivity index (χ2v) is 6.24. The van der Waals surface area contributed by atoms with Crippen LogP contribution < -0.4 is 4.74 Å². The first kappa shape index (κ1) is 15.6. The Balaban J connectivity index is 1.60. The van der Waals surface area contributed by atoms with Crippen LogP contribution in [0.2, 0.25) is 0 Å². The molecule has 0 bridgehead atoms. The molecule has 1 atom stereocenters. The van der Waals surface area contributed by atoms with E-state index in [1.165, 1.54) is 5.56 Å². The highest BCUT2D eigenvalue weighted by atomic mass is 16.5. The van der Waals surface area contributed by atoms with Gasteiger partial charge in [-0.25, -0.2) is 0 Å². The molecule has 1 aromatic carbocycles. The van der Waals surface area contributed by atoms with Crippen LogP contribution >= 0.6 is 0 Å². The van der Waals surface area contributed by atoms with E-state index in [-0.39, 0.29) is 11.8 Å². The zero-order valence-corrected chi connectivity index (χ0v) is 13.9. The topological polar surface area (TPSA) is 58.2 Å². The number of nitrogens with one attached hydrogen (secondary N) is 1. The summed E-state index contributed by atoms with van der Waals surface area (Å²) in [7, 11) is 1.87. The minimum atomic E-state index is -0.0959. The number of para-hydroxylation sites is 1. The van der Waals surface area contributed by atoms with Crippen LogP contribution in [0.3, 0.4) is 0 Å². The summed E-state index contributed by atoms with van der Waals surface area (Å²) in [6, 6.07) is 7.95. The SMILES string of the molecule is Cc1n[nH]c(C)c1CCN(C)C(=O)[C@H]1COc2ccccc2C1. The molecule has 1 aromatic heterocycles. The summed E-state index contributed by atoms with van der Waals surface area (Å²) in [5, 5.41) is 7.20. The lowest BCUT2D eigenvalue weighted by Gasteiger charge is -2.28. The average molecular weight is 313 g/mol. The second-order valence-electron chi connectivity index (χ2n) is 6.24. The third-order valence-electron chi connectivity index (χ3n) is 4.58. The Hall–Kier alpha value is -2.30. The first-order chi connectivity index (χ1) is 11.1. The van der Waals surface area contributed by atoms with Crippen LogP contribution in [0.5, 0.6) is 5.75 Å². The number of carbonyl (C=O) groups is 1. The predicted molar refractivity (Wildman–Crippen MR) is 88.5 cm³/mol. The summed E-state index contributed by atoms with van der Waals surface area (Å²) in [5.74, 6) is 0.962. The van der Waals surface area contributed by atoms with Crippen molar-refractivity contribution in [1.82, 2.24) is 15.1 Å². The molecule has 1 amide bonds. The number of rotatable bonds is 4. The zero-order valence-electron chi connectivity index (χ0n) is 13.9. The Morgan fingerprint density at radius 3 is 2.91 bits per heavy atom. The number of aromatic amines is 1. The molecule has 0 fully saturated rings. The molecule has 5 nitrogen and oxygen atoms in total. The molecular weight excluding hydrogens is 290 g/mol. The molecule has 1 aliphatic heterocycles. The van der Waals surface area contributed by atoms with Gasteiger partial charge in [0.2, 0.25) is 5.91 Å². The smallest absolute Gasteiger partial charge is 0.229 e. The molecule has 1 N–H and O–H groups in total. The number of carbonyl (C=O) groups excluding carboxylic acids is 1. The third-order valence-corrected chi connectivity index (χ3v) is 4.58. The number of aromatic nitrogens is 2. The van der Waals surface area contributed by atoms with Crippen molar-refractivity contribution >= 4 is 5.91 Å². The van der Waals surface area contributed by atoms with E-state index in [0.29, 0.717) is 13.2 Å². The molecule has 0 unspecified atom stereocenters. The van der Waals surface area contributed by atoms with Crippen molar-refractivity contribution < 1.29 is 9.53 Å². The molecule has 2 heterocycles. The Labute approximate surface area is 136 Å². The molecule has 0 saturated heterocycles. The van der Waals surface area contributed by atoms with Crippen LogP contribution in [0.1, 0.15) is 22.5 Å². The molecule has 0 radical (unpaired) electrons. The number of hydrogen-bond acceptors (Lipinski definition) is 3. The molecule has 1 aliphatic rings. The van der Waals surface area contributed by atoms with Gasteiger partial charge in [-0.3, -0.25) is 9.89 Å². The normalized spacial score (nSPS) is 16.6. The quantitative estimate of drug-likeness (QED) is 0.942. The molecule has 23 heavy (non-hydrogen) atoms. The van der Waals surface area contributed by atoms with E-state index >= 15 is 0 Å². The lowest BCUT2D eigenvalue weighted by atomic mass is 9.95. The first-order valence-electron chi connectivity index (χ1n) is 8.02. The minimum absolute atomic E-state index is 0.0959. The summed E-state index contributed by atoms with van der Waals surface area (Å²) in [4.78, 5) is 14.5. The highest BCUT2D eigenvalue weighted by Crippen LogP contribution is 2.27. The average Bonchev–Trinajstić information content (AvgIpc) is 2.89. The van der Waals surface area contributed by atoms with Crippen molar-refractivity contribution in [3.63, 3.8) is 0 Å². The van der Waals surface area contributed by atoms with E-state index in [2.05, 4.69) is 10.2 Å². The second kappa shape index (κ2) is 6.44. The molecule has 0 aliphatic carbocycles. The summed E-state index contributed by atoms with van der Waals surface area (Å²) < 4.78 is 5.73.